The third-order valence-electron chi connectivity index (χ3n) is 3.87. The van der Waals surface area contributed by atoms with E-state index in [1.165, 1.54) is 5.56 Å². The lowest BCUT2D eigenvalue weighted by atomic mass is 9.99. The summed E-state index contributed by atoms with van der Waals surface area (Å²) in [6.07, 6.45) is 4.73. The van der Waals surface area contributed by atoms with Gasteiger partial charge in [0.15, 0.2) is 0 Å². The molecule has 2 rings (SSSR count). The Morgan fingerprint density at radius 3 is 2.89 bits per heavy atom. The van der Waals surface area contributed by atoms with Crippen LogP contribution in [0.1, 0.15) is 25.5 Å². The lowest BCUT2D eigenvalue weighted by Gasteiger charge is -2.30. The van der Waals surface area contributed by atoms with E-state index in [9.17, 15) is 0 Å². The lowest BCUT2D eigenvalue weighted by Crippen LogP contribution is -2.41. The van der Waals surface area contributed by atoms with Gasteiger partial charge in [0.2, 0.25) is 0 Å². The van der Waals surface area contributed by atoms with E-state index in [-0.39, 0.29) is 0 Å². The van der Waals surface area contributed by atoms with E-state index in [4.69, 9.17) is 4.74 Å². The minimum absolute atomic E-state index is 0.311. The Morgan fingerprint density at radius 1 is 1.47 bits per heavy atom. The molecule has 0 saturated carbocycles. The van der Waals surface area contributed by atoms with Crippen LogP contribution in [0.25, 0.3) is 0 Å². The van der Waals surface area contributed by atoms with E-state index in [0.717, 1.165) is 26.2 Å². The molecule has 0 radical (unpaired) electrons. The zero-order chi connectivity index (χ0) is 13.8. The highest BCUT2D eigenvalue weighted by molar-refractivity contribution is 5.16. The first kappa shape index (κ1) is 14.6. The Morgan fingerprint density at radius 2 is 2.26 bits per heavy atom. The molecule has 1 aliphatic heterocycles. The van der Waals surface area contributed by atoms with Crippen LogP contribution in [-0.4, -0.2) is 49.4 Å². The lowest BCUT2D eigenvalue weighted by molar-refractivity contribution is -0.0274. The summed E-state index contributed by atoms with van der Waals surface area (Å²) in [5.74, 6) is 0.595. The van der Waals surface area contributed by atoms with E-state index in [0.29, 0.717) is 18.1 Å². The maximum atomic E-state index is 5.82. The summed E-state index contributed by atoms with van der Waals surface area (Å²) in [6.45, 7) is 8.35. The number of morpholine rings is 1. The van der Waals surface area contributed by atoms with Crippen molar-refractivity contribution in [2.75, 3.05) is 33.8 Å². The highest BCUT2D eigenvalue weighted by Crippen LogP contribution is 2.21. The molecule has 1 aliphatic rings. The van der Waals surface area contributed by atoms with E-state index in [1.54, 1.807) is 0 Å². The van der Waals surface area contributed by atoms with Crippen LogP contribution >= 0.6 is 0 Å². The van der Waals surface area contributed by atoms with Gasteiger partial charge in [-0.05, 0) is 31.6 Å². The monoisotopic (exact) mass is 265 g/mol. The van der Waals surface area contributed by atoms with Gasteiger partial charge in [-0.1, -0.05) is 13.8 Å². The molecule has 0 spiro atoms. The number of ether oxygens (including phenoxy) is 1. The highest BCUT2D eigenvalue weighted by Gasteiger charge is 2.19. The third kappa shape index (κ3) is 3.81. The van der Waals surface area contributed by atoms with E-state index in [1.807, 2.05) is 7.05 Å². The predicted molar refractivity (Wildman–Crippen MR) is 78.3 cm³/mol. The predicted octanol–water partition coefficient (Wildman–Crippen LogP) is 1.74. The van der Waals surface area contributed by atoms with Crippen LogP contribution < -0.4 is 5.32 Å². The van der Waals surface area contributed by atoms with Crippen molar-refractivity contribution in [1.82, 2.24) is 14.8 Å². The molecule has 0 aliphatic carbocycles. The first-order valence-corrected chi connectivity index (χ1v) is 7.23. The molecule has 0 amide bonds. The minimum atomic E-state index is 0.311. The molecule has 1 fully saturated rings. The molecule has 4 heteroatoms. The molecular weight excluding hydrogens is 238 g/mol. The van der Waals surface area contributed by atoms with Gasteiger partial charge in [0.05, 0.1) is 12.7 Å². The largest absolute Gasteiger partial charge is 0.374 e. The second-order valence-corrected chi connectivity index (χ2v) is 5.91. The summed E-state index contributed by atoms with van der Waals surface area (Å²) in [5, 5.41) is 3.39. The first-order chi connectivity index (χ1) is 9.10. The fourth-order valence-electron chi connectivity index (χ4n) is 2.85. The molecule has 2 heterocycles. The van der Waals surface area contributed by atoms with Crippen molar-refractivity contribution in [3.05, 3.63) is 24.0 Å². The van der Waals surface area contributed by atoms with Crippen LogP contribution in [0.4, 0.5) is 0 Å². The maximum absolute atomic E-state index is 5.82. The third-order valence-corrected chi connectivity index (χ3v) is 3.87. The fraction of sp³-hybridized carbons (Fsp3) is 0.733. The van der Waals surface area contributed by atoms with Crippen molar-refractivity contribution in [3.63, 3.8) is 0 Å². The molecule has 1 aromatic heterocycles. The average molecular weight is 265 g/mol. The molecule has 108 valence electrons. The Bertz CT molecular complexity index is 388. The summed E-state index contributed by atoms with van der Waals surface area (Å²) >= 11 is 0. The summed E-state index contributed by atoms with van der Waals surface area (Å²) in [6, 6.07) is 2.64. The molecule has 4 nitrogen and oxygen atoms in total. The first-order valence-electron chi connectivity index (χ1n) is 7.23. The molecule has 1 N–H and O–H groups in total. The van der Waals surface area contributed by atoms with Crippen LogP contribution in [0.15, 0.2) is 18.5 Å². The summed E-state index contributed by atoms with van der Waals surface area (Å²) in [4.78, 5) is 2.34. The number of aromatic nitrogens is 1. The van der Waals surface area contributed by atoms with Gasteiger partial charge < -0.3 is 19.5 Å². The summed E-state index contributed by atoms with van der Waals surface area (Å²) in [5.41, 5.74) is 1.36. The summed E-state index contributed by atoms with van der Waals surface area (Å²) in [7, 11) is 4.19. The Balaban J connectivity index is 1.96. The van der Waals surface area contributed by atoms with Crippen molar-refractivity contribution in [2.45, 2.75) is 32.5 Å². The zero-order valence-corrected chi connectivity index (χ0v) is 12.6. The average Bonchev–Trinajstić information content (AvgIpc) is 2.78. The molecule has 2 atom stereocenters. The smallest absolute Gasteiger partial charge is 0.0880 e. The van der Waals surface area contributed by atoms with Gasteiger partial charge in [0.25, 0.3) is 0 Å². The van der Waals surface area contributed by atoms with Gasteiger partial charge in [-0.2, -0.15) is 0 Å². The van der Waals surface area contributed by atoms with Gasteiger partial charge in [0, 0.05) is 38.1 Å². The standard InChI is InChI=1S/C15H27N3O/c1-12(2)15(16-3)13-5-6-18(9-13)11-14-10-17(4)7-8-19-14/h5-6,9,12,14-16H,7-8,10-11H2,1-4H3. The number of hydrogen-bond acceptors (Lipinski definition) is 3. The molecular formula is C15H27N3O. The van der Waals surface area contributed by atoms with Crippen molar-refractivity contribution in [1.29, 1.82) is 0 Å². The normalized spacial score (nSPS) is 22.9. The molecule has 1 aromatic rings. The molecule has 2 unspecified atom stereocenters. The molecule has 0 aromatic carbocycles. The van der Waals surface area contributed by atoms with Crippen LogP contribution in [0, 0.1) is 5.92 Å². The summed E-state index contributed by atoms with van der Waals surface area (Å²) < 4.78 is 8.07. The molecule has 19 heavy (non-hydrogen) atoms. The number of nitrogens with zero attached hydrogens (tertiary/aromatic N) is 2. The van der Waals surface area contributed by atoms with Gasteiger partial charge in [-0.25, -0.2) is 0 Å². The van der Waals surface area contributed by atoms with Crippen molar-refractivity contribution in [2.24, 2.45) is 5.92 Å². The van der Waals surface area contributed by atoms with Gasteiger partial charge >= 0.3 is 0 Å². The second kappa shape index (κ2) is 6.55. The second-order valence-electron chi connectivity index (χ2n) is 5.91. The topological polar surface area (TPSA) is 29.4 Å². The number of likely N-dealkylation sites (N-methyl/N-ethyl adjacent to an activating group) is 1. The van der Waals surface area contributed by atoms with Crippen LogP contribution in [-0.2, 0) is 11.3 Å². The van der Waals surface area contributed by atoms with Gasteiger partial charge in [-0.3, -0.25) is 0 Å². The van der Waals surface area contributed by atoms with E-state index in [2.05, 4.69) is 54.1 Å². The Kier molecular flexibility index (Phi) is 5.02. The van der Waals surface area contributed by atoms with Crippen LogP contribution in [0.3, 0.4) is 0 Å². The van der Waals surface area contributed by atoms with Gasteiger partial charge in [-0.15, -0.1) is 0 Å². The van der Waals surface area contributed by atoms with Gasteiger partial charge in [0.1, 0.15) is 0 Å². The number of nitrogens with one attached hydrogen (secondary N) is 1. The fourth-order valence-corrected chi connectivity index (χ4v) is 2.85. The van der Waals surface area contributed by atoms with Crippen molar-refractivity contribution in [3.8, 4) is 0 Å². The molecule has 1 saturated heterocycles. The number of rotatable bonds is 5. The highest BCUT2D eigenvalue weighted by atomic mass is 16.5. The minimum Gasteiger partial charge on any atom is -0.374 e. The Labute approximate surface area is 116 Å². The number of hydrogen-bond donors (Lipinski definition) is 1. The quantitative estimate of drug-likeness (QED) is 0.879. The van der Waals surface area contributed by atoms with E-state index < -0.39 is 0 Å². The van der Waals surface area contributed by atoms with E-state index >= 15 is 0 Å². The van der Waals surface area contributed by atoms with Crippen molar-refractivity contribution < 1.29 is 4.74 Å². The van der Waals surface area contributed by atoms with Crippen molar-refractivity contribution >= 4 is 0 Å². The zero-order valence-electron chi connectivity index (χ0n) is 12.6. The molecule has 0 bridgehead atoms. The maximum Gasteiger partial charge on any atom is 0.0880 e. The Hall–Kier alpha value is -0.840. The SMILES string of the molecule is CNC(c1ccn(CC2CN(C)CCO2)c1)C(C)C. The van der Waals surface area contributed by atoms with Crippen LogP contribution in [0.2, 0.25) is 0 Å². The van der Waals surface area contributed by atoms with Crippen LogP contribution in [0.5, 0.6) is 0 Å².